The molecule has 0 unspecified atom stereocenters. The van der Waals surface area contributed by atoms with Gasteiger partial charge in [0.1, 0.15) is 5.82 Å². The van der Waals surface area contributed by atoms with E-state index in [9.17, 15) is 4.79 Å². The van der Waals surface area contributed by atoms with Crippen molar-refractivity contribution < 1.29 is 4.79 Å². The van der Waals surface area contributed by atoms with Gasteiger partial charge in [-0.05, 0) is 48.6 Å². The van der Waals surface area contributed by atoms with Crippen LogP contribution in [-0.4, -0.2) is 20.5 Å². The molecule has 5 nitrogen and oxygen atoms in total. The van der Waals surface area contributed by atoms with E-state index in [2.05, 4.69) is 25.2 Å². The molecule has 166 valence electrons. The first-order valence-electron chi connectivity index (χ1n) is 11.0. The number of fused-ring (bicyclic) bond motifs is 2. The summed E-state index contributed by atoms with van der Waals surface area (Å²) < 4.78 is 3.03. The van der Waals surface area contributed by atoms with Crippen LogP contribution in [0.5, 0.6) is 0 Å². The highest BCUT2D eigenvalue weighted by atomic mass is 35.5. The van der Waals surface area contributed by atoms with E-state index >= 15 is 0 Å². The number of thiazole rings is 1. The van der Waals surface area contributed by atoms with Gasteiger partial charge in [0.05, 0.1) is 15.9 Å². The lowest BCUT2D eigenvalue weighted by Crippen LogP contribution is -2.34. The number of anilines is 1. The molecule has 0 bridgehead atoms. The lowest BCUT2D eigenvalue weighted by atomic mass is 9.69. The summed E-state index contributed by atoms with van der Waals surface area (Å²) in [5.74, 6) is 0.919. The maximum absolute atomic E-state index is 13.4. The highest BCUT2D eigenvalue weighted by molar-refractivity contribution is 7.20. The van der Waals surface area contributed by atoms with E-state index in [0.29, 0.717) is 11.4 Å². The van der Waals surface area contributed by atoms with E-state index < -0.39 is 0 Å². The summed E-state index contributed by atoms with van der Waals surface area (Å²) in [4.78, 5) is 18.3. The van der Waals surface area contributed by atoms with Crippen LogP contribution in [0.15, 0.2) is 59.8 Å². The van der Waals surface area contributed by atoms with Crippen LogP contribution in [0.1, 0.15) is 49.4 Å². The van der Waals surface area contributed by atoms with Crippen LogP contribution in [0.4, 0.5) is 5.82 Å². The number of nitrogens with zero attached hydrogens (tertiary/aromatic N) is 3. The molecule has 1 N–H and O–H groups in total. The van der Waals surface area contributed by atoms with Crippen LogP contribution in [0.2, 0.25) is 5.02 Å². The average Bonchev–Trinajstić information content (AvgIpc) is 3.33. The number of hydrogen-bond donors (Lipinski definition) is 1. The molecule has 1 aliphatic heterocycles. The molecular formula is C26H23ClN4OS. The summed E-state index contributed by atoms with van der Waals surface area (Å²) in [5.41, 5.74) is 5.68. The minimum absolute atomic E-state index is 0.0965. The third-order valence-electron chi connectivity index (χ3n) is 6.54. The number of hydrogen-bond acceptors (Lipinski definition) is 5. The number of benzene rings is 2. The van der Waals surface area contributed by atoms with E-state index in [1.807, 2.05) is 54.1 Å². The van der Waals surface area contributed by atoms with Crippen LogP contribution in [-0.2, 0) is 4.79 Å². The third kappa shape index (κ3) is 3.31. The molecule has 2 aromatic heterocycles. The number of carbonyl (C=O) groups is 1. The normalized spacial score (nSPS) is 19.4. The van der Waals surface area contributed by atoms with Crippen molar-refractivity contribution in [2.24, 2.45) is 5.41 Å². The number of para-hydroxylation sites is 1. The lowest BCUT2D eigenvalue weighted by Gasteiger charge is -2.38. The van der Waals surface area contributed by atoms with E-state index in [1.54, 1.807) is 11.3 Å². The summed E-state index contributed by atoms with van der Waals surface area (Å²) in [7, 11) is 0. The molecule has 6 rings (SSSR count). The molecular weight excluding hydrogens is 452 g/mol. The summed E-state index contributed by atoms with van der Waals surface area (Å²) >= 11 is 7.81. The number of Topliss-reactive ketones (excluding diaryl/α,β-unsaturated/α-hetero) is 1. The van der Waals surface area contributed by atoms with Gasteiger partial charge in [-0.2, -0.15) is 9.78 Å². The molecule has 7 heteroatoms. The Morgan fingerprint density at radius 1 is 1.12 bits per heavy atom. The fraction of sp³-hybridized carbons (Fsp3) is 0.269. The predicted octanol–water partition coefficient (Wildman–Crippen LogP) is 6.64. The number of halogens is 1. The Hall–Kier alpha value is -2.96. The first kappa shape index (κ1) is 20.6. The second-order valence-electron chi connectivity index (χ2n) is 9.67. The zero-order chi connectivity index (χ0) is 22.9. The van der Waals surface area contributed by atoms with Crippen molar-refractivity contribution in [3.63, 3.8) is 0 Å². The first-order valence-corrected chi connectivity index (χ1v) is 12.2. The SMILES string of the molecule is Cc1nn(-c2nc3ccccc3s2)c2c1[C@H](c1ccc(Cl)cc1)C1=C(CC(C)(C)CC1=O)N2. The molecule has 0 radical (unpaired) electrons. The number of nitrogens with one attached hydrogen (secondary N) is 1. The molecule has 2 aromatic carbocycles. The van der Waals surface area contributed by atoms with Crippen molar-refractivity contribution in [1.82, 2.24) is 14.8 Å². The van der Waals surface area contributed by atoms with Crippen molar-refractivity contribution in [3.8, 4) is 5.13 Å². The standard InChI is InChI=1S/C26H23ClN4OS/c1-14-21-22(15-8-10-16(27)11-9-15)23-18(12-26(2,3)13-19(23)32)28-24(21)31(30-14)25-29-17-6-4-5-7-20(17)33-25/h4-11,22,28H,12-13H2,1-3H3/t22-/m0/s1. The van der Waals surface area contributed by atoms with Gasteiger partial charge < -0.3 is 5.32 Å². The molecule has 4 aromatic rings. The van der Waals surface area contributed by atoms with Crippen LogP contribution in [0.25, 0.3) is 15.3 Å². The molecule has 0 amide bonds. The summed E-state index contributed by atoms with van der Waals surface area (Å²) in [5, 5.41) is 10.0. The first-order chi connectivity index (χ1) is 15.8. The minimum atomic E-state index is -0.180. The molecule has 0 fully saturated rings. The van der Waals surface area contributed by atoms with Gasteiger partial charge >= 0.3 is 0 Å². The monoisotopic (exact) mass is 474 g/mol. The van der Waals surface area contributed by atoms with Gasteiger partial charge in [-0.25, -0.2) is 4.98 Å². The van der Waals surface area contributed by atoms with E-state index in [0.717, 1.165) is 55.7 Å². The Bertz CT molecular complexity index is 1430. The predicted molar refractivity (Wildman–Crippen MR) is 133 cm³/mol. The van der Waals surface area contributed by atoms with Gasteiger partial charge in [0.15, 0.2) is 5.78 Å². The number of rotatable bonds is 2. The van der Waals surface area contributed by atoms with Crippen molar-refractivity contribution in [2.75, 3.05) is 5.32 Å². The lowest BCUT2D eigenvalue weighted by molar-refractivity contribution is -0.118. The van der Waals surface area contributed by atoms with Gasteiger partial charge in [-0.15, -0.1) is 0 Å². The van der Waals surface area contributed by atoms with Crippen molar-refractivity contribution in [2.45, 2.75) is 39.5 Å². The zero-order valence-corrected chi connectivity index (χ0v) is 20.2. The molecule has 0 spiro atoms. The summed E-state index contributed by atoms with van der Waals surface area (Å²) in [6.45, 7) is 6.31. The number of carbonyl (C=O) groups excluding carboxylic acids is 1. The van der Waals surface area contributed by atoms with Gasteiger partial charge in [0, 0.05) is 34.2 Å². The Labute approximate surface area is 201 Å². The molecule has 1 atom stereocenters. The highest BCUT2D eigenvalue weighted by Crippen LogP contribution is 2.50. The average molecular weight is 475 g/mol. The number of aryl methyl sites for hydroxylation is 1. The van der Waals surface area contributed by atoms with Crippen LogP contribution < -0.4 is 5.32 Å². The largest absolute Gasteiger partial charge is 0.343 e. The summed E-state index contributed by atoms with van der Waals surface area (Å²) in [6.07, 6.45) is 1.35. The molecule has 1 aliphatic carbocycles. The minimum Gasteiger partial charge on any atom is -0.343 e. The van der Waals surface area contributed by atoms with Gasteiger partial charge in [-0.1, -0.05) is 61.1 Å². The molecule has 0 saturated heterocycles. The van der Waals surface area contributed by atoms with Crippen molar-refractivity contribution in [1.29, 1.82) is 0 Å². The fourth-order valence-corrected chi connectivity index (χ4v) is 6.20. The number of allylic oxidation sites excluding steroid dienone is 2. The van der Waals surface area contributed by atoms with Crippen LogP contribution in [0, 0.1) is 12.3 Å². The van der Waals surface area contributed by atoms with Crippen molar-refractivity contribution in [3.05, 3.63) is 81.6 Å². The summed E-state index contributed by atoms with van der Waals surface area (Å²) in [6, 6.07) is 15.9. The Morgan fingerprint density at radius 3 is 2.64 bits per heavy atom. The molecule has 0 saturated carbocycles. The maximum Gasteiger partial charge on any atom is 0.213 e. The fourth-order valence-electron chi connectivity index (χ4n) is 5.15. The van der Waals surface area contributed by atoms with Crippen LogP contribution in [0.3, 0.4) is 0 Å². The van der Waals surface area contributed by atoms with Gasteiger partial charge in [-0.3, -0.25) is 4.79 Å². The van der Waals surface area contributed by atoms with Crippen molar-refractivity contribution >= 4 is 44.8 Å². The highest BCUT2D eigenvalue weighted by Gasteiger charge is 2.43. The van der Waals surface area contributed by atoms with Gasteiger partial charge in [0.25, 0.3) is 0 Å². The number of ketones is 1. The Balaban J connectivity index is 1.58. The number of aromatic nitrogens is 3. The van der Waals surface area contributed by atoms with E-state index in [-0.39, 0.29) is 17.1 Å². The second kappa shape index (κ2) is 7.27. The smallest absolute Gasteiger partial charge is 0.213 e. The Morgan fingerprint density at radius 2 is 1.88 bits per heavy atom. The zero-order valence-electron chi connectivity index (χ0n) is 18.6. The molecule has 33 heavy (non-hydrogen) atoms. The second-order valence-corrected chi connectivity index (χ2v) is 11.1. The Kier molecular flexibility index (Phi) is 4.55. The van der Waals surface area contributed by atoms with E-state index in [4.69, 9.17) is 21.7 Å². The topological polar surface area (TPSA) is 59.8 Å². The maximum atomic E-state index is 13.4. The molecule has 2 aliphatic rings. The molecule has 3 heterocycles. The third-order valence-corrected chi connectivity index (χ3v) is 7.80. The van der Waals surface area contributed by atoms with Gasteiger partial charge in [0.2, 0.25) is 5.13 Å². The quantitative estimate of drug-likeness (QED) is 0.353. The van der Waals surface area contributed by atoms with E-state index in [1.165, 1.54) is 0 Å². The van der Waals surface area contributed by atoms with Crippen LogP contribution >= 0.6 is 22.9 Å².